The molecule has 2 heterocycles. The summed E-state index contributed by atoms with van der Waals surface area (Å²) in [5.41, 5.74) is 2.58. The first-order valence-electron chi connectivity index (χ1n) is 9.60. The zero-order chi connectivity index (χ0) is 22.5. The third-order valence-corrected chi connectivity index (χ3v) is 8.43. The minimum Gasteiger partial charge on any atom is -0.298 e. The number of anilines is 2. The molecular formula is C22H15Cl2N3O3S2. The molecule has 0 unspecified atom stereocenters. The van der Waals surface area contributed by atoms with Crippen molar-refractivity contribution in [1.82, 2.24) is 4.98 Å². The van der Waals surface area contributed by atoms with E-state index in [1.54, 1.807) is 18.2 Å². The van der Waals surface area contributed by atoms with Crippen LogP contribution in [0.5, 0.6) is 0 Å². The van der Waals surface area contributed by atoms with Gasteiger partial charge < -0.3 is 0 Å². The van der Waals surface area contributed by atoms with Gasteiger partial charge >= 0.3 is 0 Å². The predicted molar refractivity (Wildman–Crippen MR) is 129 cm³/mol. The fourth-order valence-corrected chi connectivity index (χ4v) is 6.73. The molecule has 0 spiro atoms. The van der Waals surface area contributed by atoms with Gasteiger partial charge in [0.1, 0.15) is 5.52 Å². The zero-order valence-corrected chi connectivity index (χ0v) is 19.5. The number of aromatic nitrogens is 1. The first kappa shape index (κ1) is 21.2. The smallest absolute Gasteiger partial charge is 0.264 e. The van der Waals surface area contributed by atoms with Crippen LogP contribution >= 0.6 is 34.5 Å². The van der Waals surface area contributed by atoms with Crippen LogP contribution in [0.2, 0.25) is 10.0 Å². The Morgan fingerprint density at radius 2 is 1.81 bits per heavy atom. The Labute approximate surface area is 198 Å². The maximum Gasteiger partial charge on any atom is 0.264 e. The average molecular weight is 504 g/mol. The minimum atomic E-state index is -3.72. The summed E-state index contributed by atoms with van der Waals surface area (Å²) >= 11 is 13.4. The molecule has 32 heavy (non-hydrogen) atoms. The fourth-order valence-electron chi connectivity index (χ4n) is 3.64. The van der Waals surface area contributed by atoms with Crippen LogP contribution in [0.4, 0.5) is 10.8 Å². The normalized spacial score (nSPS) is 13.4. The van der Waals surface area contributed by atoms with E-state index in [9.17, 15) is 13.2 Å². The number of carbonyl (C=O) groups excluding carboxylic acids is 1. The van der Waals surface area contributed by atoms with Crippen molar-refractivity contribution in [1.29, 1.82) is 0 Å². The molecule has 1 N–H and O–H groups in total. The van der Waals surface area contributed by atoms with Gasteiger partial charge in [-0.25, -0.2) is 13.4 Å². The number of carbonyl (C=O) groups is 1. The number of rotatable bonds is 4. The van der Waals surface area contributed by atoms with E-state index in [4.69, 9.17) is 23.2 Å². The van der Waals surface area contributed by atoms with Gasteiger partial charge in [-0.3, -0.25) is 14.4 Å². The van der Waals surface area contributed by atoms with Crippen molar-refractivity contribution in [3.8, 4) is 0 Å². The quantitative estimate of drug-likeness (QED) is 0.392. The summed E-state index contributed by atoms with van der Waals surface area (Å²) in [6.45, 7) is 0.397. The first-order valence-corrected chi connectivity index (χ1v) is 12.6. The van der Waals surface area contributed by atoms with E-state index in [0.29, 0.717) is 44.9 Å². The third kappa shape index (κ3) is 3.73. The molecule has 4 aromatic rings. The lowest BCUT2D eigenvalue weighted by Gasteiger charge is -2.19. The molecule has 1 aliphatic heterocycles. The number of benzene rings is 3. The van der Waals surface area contributed by atoms with Crippen molar-refractivity contribution >= 4 is 71.5 Å². The summed E-state index contributed by atoms with van der Waals surface area (Å²) in [6, 6.07) is 16.6. The zero-order valence-electron chi connectivity index (χ0n) is 16.4. The minimum absolute atomic E-state index is 0.132. The van der Waals surface area contributed by atoms with Crippen LogP contribution in [0, 0.1) is 0 Å². The van der Waals surface area contributed by atoms with Crippen molar-refractivity contribution in [2.45, 2.75) is 11.3 Å². The molecular weight excluding hydrogens is 489 g/mol. The maximum absolute atomic E-state index is 13.1. The van der Waals surface area contributed by atoms with Crippen LogP contribution in [-0.4, -0.2) is 25.9 Å². The Morgan fingerprint density at radius 1 is 1.06 bits per heavy atom. The van der Waals surface area contributed by atoms with E-state index in [-0.39, 0.29) is 4.90 Å². The molecule has 3 aromatic carbocycles. The van der Waals surface area contributed by atoms with Gasteiger partial charge in [-0.05, 0) is 54.4 Å². The number of hydrogen-bond donors (Lipinski definition) is 1. The summed E-state index contributed by atoms with van der Waals surface area (Å²) in [5.74, 6) is -0.401. The number of sulfonamides is 1. The molecule has 0 atom stereocenters. The van der Waals surface area contributed by atoms with Crippen LogP contribution in [0.3, 0.4) is 0 Å². The van der Waals surface area contributed by atoms with Gasteiger partial charge in [0.15, 0.2) is 5.13 Å². The van der Waals surface area contributed by atoms with E-state index < -0.39 is 15.9 Å². The second-order valence-electron chi connectivity index (χ2n) is 7.19. The van der Waals surface area contributed by atoms with Gasteiger partial charge in [-0.1, -0.05) is 52.7 Å². The highest BCUT2D eigenvalue weighted by atomic mass is 35.5. The molecule has 0 aliphatic carbocycles. The van der Waals surface area contributed by atoms with Gasteiger partial charge in [0.2, 0.25) is 0 Å². The number of hydrogen-bond acceptors (Lipinski definition) is 5. The molecule has 5 rings (SSSR count). The number of amides is 1. The lowest BCUT2D eigenvalue weighted by atomic mass is 10.2. The monoisotopic (exact) mass is 503 g/mol. The van der Waals surface area contributed by atoms with Gasteiger partial charge in [-0.2, -0.15) is 0 Å². The maximum atomic E-state index is 13.1. The summed E-state index contributed by atoms with van der Waals surface area (Å²) in [6.07, 6.45) is 0.674. The van der Waals surface area contributed by atoms with E-state index in [1.807, 2.05) is 18.2 Å². The summed E-state index contributed by atoms with van der Waals surface area (Å²) in [4.78, 5) is 17.1. The van der Waals surface area contributed by atoms with Crippen molar-refractivity contribution in [3.63, 3.8) is 0 Å². The molecule has 0 fully saturated rings. The van der Waals surface area contributed by atoms with Gasteiger partial charge in [0, 0.05) is 17.1 Å². The molecule has 0 saturated heterocycles. The fraction of sp³-hybridized carbons (Fsp3) is 0.0909. The highest BCUT2D eigenvalue weighted by molar-refractivity contribution is 7.92. The van der Waals surface area contributed by atoms with E-state index in [2.05, 4.69) is 10.3 Å². The van der Waals surface area contributed by atoms with Crippen LogP contribution in [0.1, 0.15) is 15.9 Å². The Balaban J connectivity index is 1.37. The van der Waals surface area contributed by atoms with E-state index in [0.717, 1.165) is 10.3 Å². The van der Waals surface area contributed by atoms with Crippen LogP contribution in [0.25, 0.3) is 10.2 Å². The highest BCUT2D eigenvalue weighted by Gasteiger charge is 2.30. The lowest BCUT2D eigenvalue weighted by Crippen LogP contribution is -2.29. The van der Waals surface area contributed by atoms with Crippen molar-refractivity contribution in [2.24, 2.45) is 0 Å². The molecule has 0 saturated carbocycles. The summed E-state index contributed by atoms with van der Waals surface area (Å²) in [7, 11) is -3.72. The second-order valence-corrected chi connectivity index (χ2v) is 10.9. The Hall–Kier alpha value is -2.65. The van der Waals surface area contributed by atoms with Gasteiger partial charge in [-0.15, -0.1) is 0 Å². The van der Waals surface area contributed by atoms with Crippen molar-refractivity contribution in [2.75, 3.05) is 16.2 Å². The van der Waals surface area contributed by atoms with Gasteiger partial charge in [0.25, 0.3) is 15.9 Å². The van der Waals surface area contributed by atoms with Crippen molar-refractivity contribution in [3.05, 3.63) is 81.8 Å². The second kappa shape index (κ2) is 8.04. The lowest BCUT2D eigenvalue weighted by molar-refractivity contribution is 0.102. The van der Waals surface area contributed by atoms with Crippen LogP contribution < -0.4 is 9.62 Å². The predicted octanol–water partition coefficient (Wildman–Crippen LogP) is 5.61. The van der Waals surface area contributed by atoms with E-state index >= 15 is 0 Å². The molecule has 6 nitrogen and oxygen atoms in total. The molecule has 1 aliphatic rings. The summed E-state index contributed by atoms with van der Waals surface area (Å²) in [5, 5.41) is 3.99. The van der Waals surface area contributed by atoms with E-state index in [1.165, 1.54) is 39.9 Å². The number of thiazole rings is 1. The molecule has 162 valence electrons. The standard InChI is InChI=1S/C22H15Cl2N3O3S2/c23-15-11-17(24)20-19(12-15)31-22(25-20)26-21(28)14-5-7-16(8-6-14)32(29,30)27-10-9-13-3-1-2-4-18(13)27/h1-8,11-12H,9-10H2,(H,25,26,28). The van der Waals surface area contributed by atoms with Crippen molar-refractivity contribution < 1.29 is 13.2 Å². The topological polar surface area (TPSA) is 79.4 Å². The van der Waals surface area contributed by atoms with Crippen LogP contribution in [0.15, 0.2) is 65.6 Å². The first-order chi connectivity index (χ1) is 15.3. The number of nitrogens with one attached hydrogen (secondary N) is 1. The Kier molecular flexibility index (Phi) is 5.33. The average Bonchev–Trinajstić information content (AvgIpc) is 3.38. The Bertz CT molecular complexity index is 1470. The summed E-state index contributed by atoms with van der Waals surface area (Å²) < 4.78 is 28.4. The molecule has 1 amide bonds. The third-order valence-electron chi connectivity index (χ3n) is 5.18. The molecule has 0 radical (unpaired) electrons. The number of para-hydroxylation sites is 1. The van der Waals surface area contributed by atoms with Gasteiger partial charge in [0.05, 0.1) is 20.3 Å². The molecule has 0 bridgehead atoms. The van der Waals surface area contributed by atoms with Crippen LogP contribution in [-0.2, 0) is 16.4 Å². The number of nitrogens with zero attached hydrogens (tertiary/aromatic N) is 2. The Morgan fingerprint density at radius 3 is 2.59 bits per heavy atom. The number of fused-ring (bicyclic) bond motifs is 2. The SMILES string of the molecule is O=C(Nc1nc2c(Cl)cc(Cl)cc2s1)c1ccc(S(=O)(=O)N2CCc3ccccc32)cc1. The highest BCUT2D eigenvalue weighted by Crippen LogP contribution is 2.34. The molecule has 10 heteroatoms. The molecule has 1 aromatic heterocycles. The number of halogens is 2. The largest absolute Gasteiger partial charge is 0.298 e.